The zero-order valence-corrected chi connectivity index (χ0v) is 13.0. The van der Waals surface area contributed by atoms with Crippen molar-refractivity contribution in [1.29, 1.82) is 0 Å². The molecule has 2 bridgehead atoms. The minimum Gasteiger partial charge on any atom is -0.486 e. The summed E-state index contributed by atoms with van der Waals surface area (Å²) in [7, 11) is 0. The van der Waals surface area contributed by atoms with Crippen LogP contribution in [-0.2, 0) is 11.2 Å². The number of piperidine rings is 1. The number of aromatic nitrogens is 2. The van der Waals surface area contributed by atoms with E-state index in [0.717, 1.165) is 42.7 Å². The molecule has 114 valence electrons. The zero-order valence-electron chi connectivity index (χ0n) is 13.0. The summed E-state index contributed by atoms with van der Waals surface area (Å²) in [5.41, 5.74) is 1.05. The Morgan fingerprint density at radius 1 is 1.29 bits per heavy atom. The molecule has 2 saturated heterocycles. The fourth-order valence-electron chi connectivity index (χ4n) is 3.73. The molecule has 21 heavy (non-hydrogen) atoms. The smallest absolute Gasteiger partial charge is 0.183 e. The predicted octanol–water partition coefficient (Wildman–Crippen LogP) is 2.15. The molecule has 0 aromatic carbocycles. The first-order valence-corrected chi connectivity index (χ1v) is 8.09. The van der Waals surface area contributed by atoms with Gasteiger partial charge in [0.2, 0.25) is 0 Å². The van der Waals surface area contributed by atoms with Crippen molar-refractivity contribution in [2.24, 2.45) is 5.92 Å². The van der Waals surface area contributed by atoms with Gasteiger partial charge in [0.1, 0.15) is 12.4 Å². The van der Waals surface area contributed by atoms with Crippen LogP contribution < -0.4 is 9.64 Å². The first kappa shape index (κ1) is 13.3. The molecule has 3 unspecified atom stereocenters. The largest absolute Gasteiger partial charge is 0.486 e. The summed E-state index contributed by atoms with van der Waals surface area (Å²) in [4.78, 5) is 11.9. The van der Waals surface area contributed by atoms with Crippen LogP contribution in [0.4, 0.5) is 5.82 Å². The van der Waals surface area contributed by atoms with E-state index in [1.165, 1.54) is 6.42 Å². The number of ether oxygens (including phenoxy) is 2. The van der Waals surface area contributed by atoms with Crippen molar-refractivity contribution in [1.82, 2.24) is 9.97 Å². The van der Waals surface area contributed by atoms with Gasteiger partial charge in [0.15, 0.2) is 11.6 Å². The van der Waals surface area contributed by atoms with Crippen LogP contribution in [-0.4, -0.2) is 41.9 Å². The van der Waals surface area contributed by atoms with Crippen molar-refractivity contribution in [3.05, 3.63) is 11.5 Å². The van der Waals surface area contributed by atoms with E-state index in [1.807, 2.05) is 0 Å². The summed E-state index contributed by atoms with van der Waals surface area (Å²) in [5.74, 6) is 3.81. The molecule has 0 N–H and O–H groups in total. The van der Waals surface area contributed by atoms with Gasteiger partial charge in [-0.15, -0.1) is 0 Å². The molecule has 0 spiro atoms. The molecular weight excluding hydrogens is 266 g/mol. The van der Waals surface area contributed by atoms with E-state index in [9.17, 15) is 0 Å². The molecule has 0 saturated carbocycles. The first-order chi connectivity index (χ1) is 10.2. The average Bonchev–Trinajstić information content (AvgIpc) is 2.88. The molecule has 2 fully saturated rings. The van der Waals surface area contributed by atoms with Gasteiger partial charge in [0, 0.05) is 18.9 Å². The number of aryl methyl sites for hydroxylation is 1. The SMILES string of the molecule is CCc1nc(C(C)C)c2c(n1)N1CC3COC(C3)C1CO2. The fraction of sp³-hybridized carbons (Fsp3) is 0.750. The molecule has 4 heterocycles. The van der Waals surface area contributed by atoms with Gasteiger partial charge in [-0.05, 0) is 12.3 Å². The van der Waals surface area contributed by atoms with Crippen LogP contribution >= 0.6 is 0 Å². The Hall–Kier alpha value is -1.36. The molecule has 3 aliphatic rings. The van der Waals surface area contributed by atoms with E-state index >= 15 is 0 Å². The zero-order chi connectivity index (χ0) is 14.6. The number of fused-ring (bicyclic) bond motifs is 6. The van der Waals surface area contributed by atoms with Crippen molar-refractivity contribution in [3.8, 4) is 5.75 Å². The van der Waals surface area contributed by atoms with Crippen LogP contribution in [0.2, 0.25) is 0 Å². The molecule has 4 rings (SSSR count). The third kappa shape index (κ3) is 2.01. The molecule has 5 heteroatoms. The summed E-state index contributed by atoms with van der Waals surface area (Å²) in [5, 5.41) is 0. The first-order valence-electron chi connectivity index (χ1n) is 8.09. The van der Waals surface area contributed by atoms with Gasteiger partial charge in [0.05, 0.1) is 24.4 Å². The molecule has 5 nitrogen and oxygen atoms in total. The molecule has 0 radical (unpaired) electrons. The van der Waals surface area contributed by atoms with Gasteiger partial charge in [-0.1, -0.05) is 20.8 Å². The van der Waals surface area contributed by atoms with Gasteiger partial charge in [0.25, 0.3) is 0 Å². The van der Waals surface area contributed by atoms with E-state index in [2.05, 4.69) is 25.7 Å². The average molecular weight is 289 g/mol. The Balaban J connectivity index is 1.81. The minimum absolute atomic E-state index is 0.305. The molecule has 0 amide bonds. The Kier molecular flexibility index (Phi) is 3.06. The maximum atomic E-state index is 6.09. The quantitative estimate of drug-likeness (QED) is 0.835. The third-order valence-corrected chi connectivity index (χ3v) is 4.85. The Bertz CT molecular complexity index is 561. The molecule has 0 aliphatic carbocycles. The van der Waals surface area contributed by atoms with Gasteiger partial charge < -0.3 is 14.4 Å². The van der Waals surface area contributed by atoms with E-state index in [0.29, 0.717) is 30.6 Å². The van der Waals surface area contributed by atoms with Crippen molar-refractivity contribution in [2.45, 2.75) is 51.7 Å². The lowest BCUT2D eigenvalue weighted by Gasteiger charge is -2.43. The molecule has 3 atom stereocenters. The second kappa shape index (κ2) is 4.83. The summed E-state index contributed by atoms with van der Waals surface area (Å²) in [6, 6.07) is 0.316. The van der Waals surface area contributed by atoms with Crippen molar-refractivity contribution in [2.75, 3.05) is 24.7 Å². The van der Waals surface area contributed by atoms with Crippen molar-refractivity contribution < 1.29 is 9.47 Å². The number of rotatable bonds is 2. The van der Waals surface area contributed by atoms with Crippen molar-refractivity contribution in [3.63, 3.8) is 0 Å². The summed E-state index contributed by atoms with van der Waals surface area (Å²) >= 11 is 0. The van der Waals surface area contributed by atoms with Gasteiger partial charge >= 0.3 is 0 Å². The van der Waals surface area contributed by atoms with Crippen molar-refractivity contribution >= 4 is 5.82 Å². The Morgan fingerprint density at radius 2 is 2.14 bits per heavy atom. The van der Waals surface area contributed by atoms with E-state index in [1.54, 1.807) is 0 Å². The van der Waals surface area contributed by atoms with Crippen LogP contribution in [0.5, 0.6) is 5.75 Å². The van der Waals surface area contributed by atoms with Crippen LogP contribution in [0, 0.1) is 5.92 Å². The standard InChI is InChI=1S/C16H23N3O2/c1-4-13-17-14(9(2)3)15-16(18-13)19-6-10-5-12(20-7-10)11(19)8-21-15/h9-12H,4-8H2,1-3H3. The maximum absolute atomic E-state index is 6.09. The van der Waals surface area contributed by atoms with E-state index in [4.69, 9.17) is 19.4 Å². The second-order valence-electron chi connectivity index (χ2n) is 6.69. The predicted molar refractivity (Wildman–Crippen MR) is 80.0 cm³/mol. The fourth-order valence-corrected chi connectivity index (χ4v) is 3.73. The van der Waals surface area contributed by atoms with E-state index < -0.39 is 0 Å². The highest BCUT2D eigenvalue weighted by atomic mass is 16.5. The highest BCUT2D eigenvalue weighted by molar-refractivity contribution is 5.59. The van der Waals surface area contributed by atoms with Gasteiger partial charge in [-0.3, -0.25) is 0 Å². The molecule has 1 aromatic rings. The van der Waals surface area contributed by atoms with Crippen LogP contribution in [0.15, 0.2) is 0 Å². The van der Waals surface area contributed by atoms with Crippen LogP contribution in [0.3, 0.4) is 0 Å². The Morgan fingerprint density at radius 3 is 2.90 bits per heavy atom. The lowest BCUT2D eigenvalue weighted by atomic mass is 9.92. The second-order valence-corrected chi connectivity index (χ2v) is 6.69. The molecule has 1 aromatic heterocycles. The highest BCUT2D eigenvalue weighted by Gasteiger charge is 2.46. The monoisotopic (exact) mass is 289 g/mol. The topological polar surface area (TPSA) is 47.5 Å². The maximum Gasteiger partial charge on any atom is 0.183 e. The summed E-state index contributed by atoms with van der Waals surface area (Å²) in [6.45, 7) is 9.06. The highest BCUT2D eigenvalue weighted by Crippen LogP contribution is 2.43. The minimum atomic E-state index is 0.305. The number of hydrogen-bond donors (Lipinski definition) is 0. The van der Waals surface area contributed by atoms with Gasteiger partial charge in [-0.25, -0.2) is 9.97 Å². The third-order valence-electron chi connectivity index (χ3n) is 4.85. The summed E-state index contributed by atoms with van der Waals surface area (Å²) in [6.07, 6.45) is 2.33. The van der Waals surface area contributed by atoms with Crippen LogP contribution in [0.1, 0.15) is 44.6 Å². The van der Waals surface area contributed by atoms with E-state index in [-0.39, 0.29) is 0 Å². The number of hydrogen-bond acceptors (Lipinski definition) is 5. The number of anilines is 1. The molecular formula is C16H23N3O2. The van der Waals surface area contributed by atoms with Gasteiger partial charge in [-0.2, -0.15) is 0 Å². The van der Waals surface area contributed by atoms with Crippen LogP contribution in [0.25, 0.3) is 0 Å². The summed E-state index contributed by atoms with van der Waals surface area (Å²) < 4.78 is 12.0. The molecule has 3 aliphatic heterocycles. The normalized spacial score (nSPS) is 30.1. The lowest BCUT2D eigenvalue weighted by molar-refractivity contribution is 0.0697. The number of nitrogens with zero attached hydrogens (tertiary/aromatic N) is 3. The Labute approximate surface area is 125 Å². The lowest BCUT2D eigenvalue weighted by Crippen LogP contribution is -2.54.